The van der Waals surface area contributed by atoms with E-state index in [0.29, 0.717) is 6.07 Å². The van der Waals surface area contributed by atoms with Crippen LogP contribution in [0.5, 0.6) is 0 Å². The van der Waals surface area contributed by atoms with Gasteiger partial charge in [-0.15, -0.1) is 0 Å². The van der Waals surface area contributed by atoms with Crippen LogP contribution in [0.3, 0.4) is 0 Å². The maximum atomic E-state index is 13.8. The molecule has 1 aliphatic rings. The summed E-state index contributed by atoms with van der Waals surface area (Å²) in [6, 6.07) is 2.26. The molecule has 26 heavy (non-hydrogen) atoms. The molecule has 2 rings (SSSR count). The van der Waals surface area contributed by atoms with Crippen LogP contribution in [0.15, 0.2) is 23.1 Å². The van der Waals surface area contributed by atoms with Crippen molar-refractivity contribution in [2.75, 3.05) is 46.4 Å². The molecule has 8 nitrogen and oxygen atoms in total. The van der Waals surface area contributed by atoms with Crippen molar-refractivity contribution in [1.29, 1.82) is 0 Å². The van der Waals surface area contributed by atoms with Gasteiger partial charge < -0.3 is 10.1 Å². The summed E-state index contributed by atoms with van der Waals surface area (Å²) in [5, 5.41) is 2.38. The van der Waals surface area contributed by atoms with Gasteiger partial charge in [-0.2, -0.15) is 4.31 Å². The van der Waals surface area contributed by atoms with Crippen molar-refractivity contribution in [1.82, 2.24) is 14.5 Å². The summed E-state index contributed by atoms with van der Waals surface area (Å²) in [6.45, 7) is 0.274. The molecular weight excluding hydrogens is 372 g/mol. The van der Waals surface area contributed by atoms with Gasteiger partial charge in [-0.25, -0.2) is 17.2 Å². The highest BCUT2D eigenvalue weighted by atomic mass is 32.2. The summed E-state index contributed by atoms with van der Waals surface area (Å²) in [5.41, 5.74) is 0. The minimum Gasteiger partial charge on any atom is -0.468 e. The first-order chi connectivity index (χ1) is 12.2. The number of nitrogens with one attached hydrogen (secondary N) is 1. The number of carbonyl (C=O) groups is 2. The van der Waals surface area contributed by atoms with Crippen molar-refractivity contribution in [2.24, 2.45) is 0 Å². The quantitative estimate of drug-likeness (QED) is 0.661. The average Bonchev–Trinajstić information content (AvgIpc) is 2.62. The Kier molecular flexibility index (Phi) is 6.62. The number of hydrogen-bond acceptors (Lipinski definition) is 6. The third-order valence-electron chi connectivity index (χ3n) is 3.87. The molecule has 0 saturated carbocycles. The molecule has 0 bridgehead atoms. The molecule has 0 radical (unpaired) electrons. The Morgan fingerprint density at radius 3 is 2.46 bits per heavy atom. The molecule has 0 unspecified atom stereocenters. The van der Waals surface area contributed by atoms with Gasteiger partial charge in [0.15, 0.2) is 0 Å². The van der Waals surface area contributed by atoms with Gasteiger partial charge in [-0.1, -0.05) is 0 Å². The molecule has 1 aliphatic heterocycles. The highest BCUT2D eigenvalue weighted by Gasteiger charge is 2.31. The van der Waals surface area contributed by atoms with Gasteiger partial charge in [0.1, 0.15) is 23.1 Å². The Bertz CT molecular complexity index is 779. The number of halogens is 2. The maximum Gasteiger partial charge on any atom is 0.325 e. The van der Waals surface area contributed by atoms with Crippen LogP contribution in [0.4, 0.5) is 8.78 Å². The third kappa shape index (κ3) is 4.96. The second-order valence-electron chi connectivity index (χ2n) is 5.61. The minimum absolute atomic E-state index is 0.0147. The van der Waals surface area contributed by atoms with E-state index in [0.717, 1.165) is 16.4 Å². The number of amides is 1. The largest absolute Gasteiger partial charge is 0.468 e. The molecule has 1 amide bonds. The van der Waals surface area contributed by atoms with Crippen LogP contribution in [-0.2, 0) is 24.3 Å². The lowest BCUT2D eigenvalue weighted by Crippen LogP contribution is -2.51. The summed E-state index contributed by atoms with van der Waals surface area (Å²) >= 11 is 0. The molecule has 1 aromatic carbocycles. The van der Waals surface area contributed by atoms with Crippen LogP contribution in [0.1, 0.15) is 0 Å². The summed E-state index contributed by atoms with van der Waals surface area (Å²) < 4.78 is 57.4. The predicted molar refractivity (Wildman–Crippen MR) is 86.6 cm³/mol. The van der Waals surface area contributed by atoms with E-state index in [2.05, 4.69) is 10.1 Å². The van der Waals surface area contributed by atoms with Gasteiger partial charge in [0.05, 0.1) is 13.7 Å². The zero-order valence-electron chi connectivity index (χ0n) is 14.1. The fraction of sp³-hybridized carbons (Fsp3) is 0.467. The number of nitrogens with zero attached hydrogens (tertiary/aromatic N) is 2. The number of rotatable bonds is 6. The molecule has 1 fully saturated rings. The zero-order valence-corrected chi connectivity index (χ0v) is 14.9. The van der Waals surface area contributed by atoms with E-state index in [4.69, 9.17) is 0 Å². The Balaban J connectivity index is 1.92. The van der Waals surface area contributed by atoms with E-state index in [9.17, 15) is 26.8 Å². The second kappa shape index (κ2) is 8.52. The highest BCUT2D eigenvalue weighted by molar-refractivity contribution is 7.89. The number of benzene rings is 1. The molecule has 1 N–H and O–H groups in total. The first-order valence-electron chi connectivity index (χ1n) is 7.75. The van der Waals surface area contributed by atoms with Gasteiger partial charge in [0.2, 0.25) is 15.9 Å². The fourth-order valence-corrected chi connectivity index (χ4v) is 3.94. The highest BCUT2D eigenvalue weighted by Crippen LogP contribution is 2.21. The number of piperazine rings is 1. The van der Waals surface area contributed by atoms with Crippen LogP contribution < -0.4 is 5.32 Å². The lowest BCUT2D eigenvalue weighted by atomic mass is 10.3. The summed E-state index contributed by atoms with van der Waals surface area (Å²) in [4.78, 5) is 23.7. The van der Waals surface area contributed by atoms with Crippen molar-refractivity contribution in [2.45, 2.75) is 4.90 Å². The van der Waals surface area contributed by atoms with Gasteiger partial charge in [-0.3, -0.25) is 14.5 Å². The van der Waals surface area contributed by atoms with Gasteiger partial charge >= 0.3 is 5.97 Å². The van der Waals surface area contributed by atoms with Crippen LogP contribution in [-0.4, -0.2) is 75.9 Å². The topological polar surface area (TPSA) is 96.0 Å². The van der Waals surface area contributed by atoms with E-state index < -0.39 is 38.4 Å². The number of ether oxygens (including phenoxy) is 1. The van der Waals surface area contributed by atoms with Crippen molar-refractivity contribution >= 4 is 21.9 Å². The fourth-order valence-electron chi connectivity index (χ4n) is 2.44. The number of methoxy groups -OCH3 is 1. The molecular formula is C15H19F2N3O5S. The van der Waals surface area contributed by atoms with E-state index >= 15 is 0 Å². The van der Waals surface area contributed by atoms with Crippen molar-refractivity contribution < 1.29 is 31.5 Å². The Morgan fingerprint density at radius 1 is 1.19 bits per heavy atom. The SMILES string of the molecule is COC(=O)CNC(=O)CN1CCN(S(=O)(=O)c2cc(F)ccc2F)CC1. The summed E-state index contributed by atoms with van der Waals surface area (Å²) in [7, 11) is -2.96. The van der Waals surface area contributed by atoms with Crippen LogP contribution in [0.25, 0.3) is 0 Å². The zero-order chi connectivity index (χ0) is 19.3. The normalized spacial score (nSPS) is 16.3. The first kappa shape index (κ1) is 20.2. The average molecular weight is 391 g/mol. The molecule has 0 aromatic heterocycles. The third-order valence-corrected chi connectivity index (χ3v) is 5.78. The second-order valence-corrected chi connectivity index (χ2v) is 7.51. The minimum atomic E-state index is -4.16. The van der Waals surface area contributed by atoms with Crippen LogP contribution in [0, 0.1) is 11.6 Å². The molecule has 0 aliphatic carbocycles. The number of sulfonamides is 1. The van der Waals surface area contributed by atoms with Gasteiger partial charge in [0, 0.05) is 26.2 Å². The monoisotopic (exact) mass is 391 g/mol. The number of hydrogen-bond donors (Lipinski definition) is 1. The molecule has 1 saturated heterocycles. The number of carbonyl (C=O) groups excluding carboxylic acids is 2. The first-order valence-corrected chi connectivity index (χ1v) is 9.19. The van der Waals surface area contributed by atoms with Crippen LogP contribution in [0.2, 0.25) is 0 Å². The molecule has 0 atom stereocenters. The van der Waals surface area contributed by atoms with E-state index in [-0.39, 0.29) is 39.3 Å². The van der Waals surface area contributed by atoms with Crippen molar-refractivity contribution in [3.8, 4) is 0 Å². The molecule has 144 valence electrons. The van der Waals surface area contributed by atoms with E-state index in [1.165, 1.54) is 7.11 Å². The summed E-state index contributed by atoms with van der Waals surface area (Å²) in [6.07, 6.45) is 0. The maximum absolute atomic E-state index is 13.8. The molecule has 0 spiro atoms. The van der Waals surface area contributed by atoms with E-state index in [1.54, 1.807) is 4.90 Å². The van der Waals surface area contributed by atoms with Crippen molar-refractivity contribution in [3.63, 3.8) is 0 Å². The molecule has 11 heteroatoms. The molecule has 1 heterocycles. The van der Waals surface area contributed by atoms with Crippen molar-refractivity contribution in [3.05, 3.63) is 29.8 Å². The number of esters is 1. The van der Waals surface area contributed by atoms with Gasteiger partial charge in [0.25, 0.3) is 0 Å². The molecule has 1 aromatic rings. The standard InChI is InChI=1S/C15H19F2N3O5S/c1-25-15(22)9-18-14(21)10-19-4-6-20(7-5-19)26(23,24)13-8-11(16)2-3-12(13)17/h2-3,8H,4-7,9-10H2,1H3,(H,18,21). The smallest absolute Gasteiger partial charge is 0.325 e. The lowest BCUT2D eigenvalue weighted by Gasteiger charge is -2.33. The predicted octanol–water partition coefficient (Wildman–Crippen LogP) is -0.440. The van der Waals surface area contributed by atoms with Gasteiger partial charge in [-0.05, 0) is 18.2 Å². The van der Waals surface area contributed by atoms with Crippen LogP contribution >= 0.6 is 0 Å². The Labute approximate surface area is 149 Å². The summed E-state index contributed by atoms with van der Waals surface area (Å²) in [5.74, 6) is -2.84. The Hall–Kier alpha value is -2.11. The van der Waals surface area contributed by atoms with E-state index in [1.807, 2.05) is 0 Å². The lowest BCUT2D eigenvalue weighted by molar-refractivity contribution is -0.141. The Morgan fingerprint density at radius 2 is 1.85 bits per heavy atom.